The highest BCUT2D eigenvalue weighted by atomic mass is 19.4. The van der Waals surface area contributed by atoms with E-state index in [1.807, 2.05) is 0 Å². The molecule has 0 spiro atoms. The number of unbranched alkanes of at least 4 members (excludes halogenated alkanes) is 2. The Labute approximate surface area is 93.0 Å². The molecule has 0 fully saturated rings. The van der Waals surface area contributed by atoms with Gasteiger partial charge in [-0.15, -0.1) is 0 Å². The van der Waals surface area contributed by atoms with Crippen molar-refractivity contribution in [3.63, 3.8) is 0 Å². The second-order valence-electron chi connectivity index (χ2n) is 3.66. The van der Waals surface area contributed by atoms with Gasteiger partial charge in [-0.25, -0.2) is 13.2 Å². The summed E-state index contributed by atoms with van der Waals surface area (Å²) in [5.41, 5.74) is 0. The third kappa shape index (κ3) is 6.68. The molecule has 17 heavy (non-hydrogen) atoms. The van der Waals surface area contributed by atoms with Crippen molar-refractivity contribution in [1.29, 1.82) is 0 Å². The maximum atomic E-state index is 12.6. The van der Waals surface area contributed by atoms with Crippen LogP contribution in [0.2, 0.25) is 0 Å². The smallest absolute Gasteiger partial charge is 0.241 e. The summed E-state index contributed by atoms with van der Waals surface area (Å²) in [6.07, 6.45) is -14.2. The number of hydrogen-bond acceptors (Lipinski definition) is 0. The van der Waals surface area contributed by atoms with Gasteiger partial charge in [0.15, 0.2) is 6.17 Å². The largest absolute Gasteiger partial charge is 0.389 e. The highest BCUT2D eigenvalue weighted by Gasteiger charge is 2.48. The van der Waals surface area contributed by atoms with Crippen molar-refractivity contribution in [3.05, 3.63) is 0 Å². The molecule has 0 amide bonds. The molecule has 0 aliphatic rings. The van der Waals surface area contributed by atoms with Crippen molar-refractivity contribution in [2.45, 2.75) is 56.8 Å². The molecule has 104 valence electrons. The lowest BCUT2D eigenvalue weighted by Crippen LogP contribution is -2.37. The average molecular weight is 272 g/mol. The van der Waals surface area contributed by atoms with E-state index in [1.54, 1.807) is 0 Å². The predicted octanol–water partition coefficient (Wildman–Crippen LogP) is 4.74. The Morgan fingerprint density at radius 3 is 1.71 bits per heavy atom. The van der Waals surface area contributed by atoms with Crippen LogP contribution in [0.5, 0.6) is 0 Å². The van der Waals surface area contributed by atoms with Crippen LogP contribution in [0.15, 0.2) is 0 Å². The SMILES string of the molecule is FC(F)C(F)(F)C(F)CCCCCC(F)(F)F. The van der Waals surface area contributed by atoms with Crippen molar-refractivity contribution in [2.24, 2.45) is 0 Å². The molecular formula is C9H12F8. The van der Waals surface area contributed by atoms with Crippen LogP contribution in [0.1, 0.15) is 32.1 Å². The molecule has 0 aliphatic heterocycles. The van der Waals surface area contributed by atoms with E-state index in [0.29, 0.717) is 0 Å². The van der Waals surface area contributed by atoms with Crippen molar-refractivity contribution >= 4 is 0 Å². The monoisotopic (exact) mass is 272 g/mol. The van der Waals surface area contributed by atoms with Gasteiger partial charge in [-0.05, 0) is 12.8 Å². The first kappa shape index (κ1) is 16.4. The van der Waals surface area contributed by atoms with E-state index in [1.165, 1.54) is 0 Å². The van der Waals surface area contributed by atoms with Crippen LogP contribution in [0.3, 0.4) is 0 Å². The molecule has 0 aromatic carbocycles. The van der Waals surface area contributed by atoms with E-state index >= 15 is 0 Å². The third-order valence-electron chi connectivity index (χ3n) is 2.13. The molecule has 0 bridgehead atoms. The molecule has 0 nitrogen and oxygen atoms in total. The molecule has 0 heterocycles. The summed E-state index contributed by atoms with van der Waals surface area (Å²) in [5.74, 6) is -4.73. The number of halogens is 8. The fraction of sp³-hybridized carbons (Fsp3) is 1.00. The maximum Gasteiger partial charge on any atom is 0.389 e. The Bertz CT molecular complexity index is 210. The molecular weight excluding hydrogens is 260 g/mol. The topological polar surface area (TPSA) is 0 Å². The molecule has 0 aliphatic carbocycles. The molecule has 0 saturated carbocycles. The second-order valence-corrected chi connectivity index (χ2v) is 3.66. The van der Waals surface area contributed by atoms with Gasteiger partial charge in [0.25, 0.3) is 0 Å². The van der Waals surface area contributed by atoms with Crippen LogP contribution in [0.25, 0.3) is 0 Å². The fourth-order valence-corrected chi connectivity index (χ4v) is 1.15. The minimum absolute atomic E-state index is 0.126. The molecule has 0 aromatic rings. The van der Waals surface area contributed by atoms with E-state index < -0.39 is 37.5 Å². The van der Waals surface area contributed by atoms with Crippen molar-refractivity contribution in [3.8, 4) is 0 Å². The summed E-state index contributed by atoms with van der Waals surface area (Å²) in [6.45, 7) is 0. The zero-order valence-corrected chi connectivity index (χ0v) is 8.71. The van der Waals surface area contributed by atoms with Crippen LogP contribution < -0.4 is 0 Å². The lowest BCUT2D eigenvalue weighted by atomic mass is 10.1. The van der Waals surface area contributed by atoms with E-state index in [0.717, 1.165) is 0 Å². The van der Waals surface area contributed by atoms with Crippen molar-refractivity contribution in [1.82, 2.24) is 0 Å². The van der Waals surface area contributed by atoms with Gasteiger partial charge in [-0.1, -0.05) is 12.8 Å². The van der Waals surface area contributed by atoms with Crippen LogP contribution in [-0.2, 0) is 0 Å². The van der Waals surface area contributed by atoms with Crippen LogP contribution in [0.4, 0.5) is 35.1 Å². The quantitative estimate of drug-likeness (QED) is 0.464. The zero-order valence-electron chi connectivity index (χ0n) is 8.71. The molecule has 1 atom stereocenters. The summed E-state index contributed by atoms with van der Waals surface area (Å²) in [5, 5.41) is 0. The highest BCUT2D eigenvalue weighted by molar-refractivity contribution is 4.79. The van der Waals surface area contributed by atoms with Gasteiger partial charge >= 0.3 is 18.5 Å². The Morgan fingerprint density at radius 1 is 0.765 bits per heavy atom. The first-order valence-electron chi connectivity index (χ1n) is 4.94. The summed E-state index contributed by atoms with van der Waals surface area (Å²) in [6, 6.07) is 0. The van der Waals surface area contributed by atoms with Crippen molar-refractivity contribution in [2.75, 3.05) is 0 Å². The second kappa shape index (κ2) is 6.39. The van der Waals surface area contributed by atoms with E-state index in [2.05, 4.69) is 0 Å². The summed E-state index contributed by atoms with van der Waals surface area (Å²) in [7, 11) is 0. The zero-order chi connectivity index (χ0) is 13.7. The average Bonchev–Trinajstić information content (AvgIpc) is 2.14. The van der Waals surface area contributed by atoms with Gasteiger partial charge in [-0.3, -0.25) is 0 Å². The summed E-state index contributed by atoms with van der Waals surface area (Å²) < 4.78 is 95.5. The number of hydrogen-bond donors (Lipinski definition) is 0. The first-order valence-corrected chi connectivity index (χ1v) is 4.94. The van der Waals surface area contributed by atoms with Crippen LogP contribution >= 0.6 is 0 Å². The van der Waals surface area contributed by atoms with Gasteiger partial charge in [0.1, 0.15) is 0 Å². The Hall–Kier alpha value is -0.560. The fourth-order valence-electron chi connectivity index (χ4n) is 1.15. The van der Waals surface area contributed by atoms with Crippen LogP contribution in [0, 0.1) is 0 Å². The van der Waals surface area contributed by atoms with Gasteiger partial charge < -0.3 is 0 Å². The van der Waals surface area contributed by atoms with Gasteiger partial charge in [0.2, 0.25) is 0 Å². The van der Waals surface area contributed by atoms with Gasteiger partial charge in [0, 0.05) is 6.42 Å². The Morgan fingerprint density at radius 2 is 1.29 bits per heavy atom. The Balaban J connectivity index is 3.76. The summed E-state index contributed by atoms with van der Waals surface area (Å²) in [4.78, 5) is 0. The first-order chi connectivity index (χ1) is 7.57. The molecule has 1 unspecified atom stereocenters. The minimum Gasteiger partial charge on any atom is -0.241 e. The molecule has 0 rings (SSSR count). The van der Waals surface area contributed by atoms with Crippen LogP contribution in [-0.4, -0.2) is 24.7 Å². The molecule has 0 aromatic heterocycles. The predicted molar refractivity (Wildman–Crippen MR) is 45.0 cm³/mol. The summed E-state index contributed by atoms with van der Waals surface area (Å²) >= 11 is 0. The molecule has 0 saturated heterocycles. The normalized spacial score (nSPS) is 15.4. The van der Waals surface area contributed by atoms with E-state index in [4.69, 9.17) is 0 Å². The third-order valence-corrected chi connectivity index (χ3v) is 2.13. The lowest BCUT2D eigenvalue weighted by molar-refractivity contribution is -0.172. The molecule has 0 radical (unpaired) electrons. The molecule has 8 heteroatoms. The molecule has 0 N–H and O–H groups in total. The highest BCUT2D eigenvalue weighted by Crippen LogP contribution is 2.32. The van der Waals surface area contributed by atoms with E-state index in [-0.39, 0.29) is 19.3 Å². The lowest BCUT2D eigenvalue weighted by Gasteiger charge is -2.19. The standard InChI is InChI=1S/C9H12F8/c10-6(9(16,17)7(11)12)4-2-1-3-5-8(13,14)15/h6-7H,1-5H2. The number of alkyl halides is 8. The van der Waals surface area contributed by atoms with Gasteiger partial charge in [0.05, 0.1) is 0 Å². The number of rotatable bonds is 7. The minimum atomic E-state index is -4.73. The van der Waals surface area contributed by atoms with Gasteiger partial charge in [-0.2, -0.15) is 22.0 Å². The van der Waals surface area contributed by atoms with Crippen molar-refractivity contribution < 1.29 is 35.1 Å². The van der Waals surface area contributed by atoms with E-state index in [9.17, 15) is 35.1 Å². The Kier molecular flexibility index (Phi) is 6.18. The maximum absolute atomic E-state index is 12.6.